The van der Waals surface area contributed by atoms with Gasteiger partial charge in [0.05, 0.1) is 28.8 Å². The molecule has 248 valence electrons. The SMILES string of the molecule is CC1=NC(C)=C(N(C=O)CCCN2CCC(c3ccccc3)(c3ccccc3)CC2)C(c2ccc([N+](=O)[O-])cc2)C1C(=O)OCCC#N. The number of likely N-dealkylation sites (tertiary alicyclic amines) is 1. The lowest BCUT2D eigenvalue weighted by Crippen LogP contribution is -2.44. The van der Waals surface area contributed by atoms with E-state index in [2.05, 4.69) is 70.6 Å². The number of carbonyl (C=O) groups is 2. The monoisotopic (exact) mass is 647 g/mol. The molecule has 3 aromatic rings. The van der Waals surface area contributed by atoms with Crippen LogP contribution in [0.5, 0.6) is 0 Å². The Kier molecular flexibility index (Phi) is 11.1. The Hall–Kier alpha value is -5.14. The van der Waals surface area contributed by atoms with Crippen molar-refractivity contribution in [1.82, 2.24) is 9.80 Å². The first-order valence-electron chi connectivity index (χ1n) is 16.4. The van der Waals surface area contributed by atoms with Gasteiger partial charge in [-0.05, 0) is 69.4 Å². The number of esters is 1. The highest BCUT2D eigenvalue weighted by Gasteiger charge is 2.42. The summed E-state index contributed by atoms with van der Waals surface area (Å²) in [6.45, 7) is 6.51. The smallest absolute Gasteiger partial charge is 0.315 e. The Morgan fingerprint density at radius 3 is 2.19 bits per heavy atom. The van der Waals surface area contributed by atoms with Crippen LogP contribution in [0.4, 0.5) is 5.69 Å². The number of allylic oxidation sites excluding steroid dienone is 2. The van der Waals surface area contributed by atoms with Crippen molar-refractivity contribution in [3.63, 3.8) is 0 Å². The number of aliphatic imine (C=N–C) groups is 1. The van der Waals surface area contributed by atoms with E-state index in [1.165, 1.54) is 23.3 Å². The molecule has 0 N–H and O–H groups in total. The van der Waals surface area contributed by atoms with E-state index >= 15 is 0 Å². The molecule has 0 aromatic heterocycles. The van der Waals surface area contributed by atoms with Gasteiger partial charge in [-0.15, -0.1) is 0 Å². The lowest BCUT2D eigenvalue weighted by Gasteiger charge is -2.43. The number of piperidine rings is 1. The van der Waals surface area contributed by atoms with Crippen LogP contribution in [0.25, 0.3) is 0 Å². The lowest BCUT2D eigenvalue weighted by molar-refractivity contribution is -0.384. The van der Waals surface area contributed by atoms with Gasteiger partial charge in [-0.3, -0.25) is 24.7 Å². The minimum Gasteiger partial charge on any atom is -0.464 e. The summed E-state index contributed by atoms with van der Waals surface area (Å²) in [6, 6.07) is 29.4. The van der Waals surface area contributed by atoms with Gasteiger partial charge in [-0.25, -0.2) is 0 Å². The number of benzene rings is 3. The van der Waals surface area contributed by atoms with Gasteiger partial charge in [-0.2, -0.15) is 5.26 Å². The van der Waals surface area contributed by atoms with Crippen molar-refractivity contribution in [3.05, 3.63) is 123 Å². The fourth-order valence-corrected chi connectivity index (χ4v) is 7.26. The standard InChI is InChI=1S/C38H41N5O5/c1-28-34(37(45)48-26-9-21-39)35(30-15-17-33(18-16-30)43(46)47)36(29(2)40-28)42(27-44)23-10-22-41-24-19-38(20-25-41,31-11-5-3-6-12-31)32-13-7-4-8-14-32/h3-8,11-18,27,34-35H,9-10,19-20,22-26H2,1-2H3. The number of hydrogen-bond donors (Lipinski definition) is 0. The second-order valence-electron chi connectivity index (χ2n) is 12.4. The number of nitro benzene ring substituents is 1. The van der Waals surface area contributed by atoms with Gasteiger partial charge in [-0.1, -0.05) is 72.8 Å². The zero-order chi connectivity index (χ0) is 34.1. The number of hydrogen-bond acceptors (Lipinski definition) is 8. The second-order valence-corrected chi connectivity index (χ2v) is 12.4. The van der Waals surface area contributed by atoms with Gasteiger partial charge in [0.25, 0.3) is 5.69 Å². The second kappa shape index (κ2) is 15.6. The van der Waals surface area contributed by atoms with E-state index in [1.54, 1.807) is 24.0 Å². The number of amides is 1. The summed E-state index contributed by atoms with van der Waals surface area (Å²) in [5.74, 6) is -2.08. The Morgan fingerprint density at radius 1 is 1.04 bits per heavy atom. The number of nitro groups is 1. The molecule has 0 radical (unpaired) electrons. The van der Waals surface area contributed by atoms with Crippen LogP contribution in [0.1, 0.15) is 62.1 Å². The molecule has 3 aromatic carbocycles. The minimum atomic E-state index is -0.863. The summed E-state index contributed by atoms with van der Waals surface area (Å²) in [6.07, 6.45) is 3.49. The maximum absolute atomic E-state index is 13.4. The van der Waals surface area contributed by atoms with Crippen LogP contribution in [0.3, 0.4) is 0 Å². The van der Waals surface area contributed by atoms with Gasteiger partial charge in [0, 0.05) is 35.7 Å². The molecule has 0 bridgehead atoms. The van der Waals surface area contributed by atoms with Crippen LogP contribution in [0.15, 0.2) is 101 Å². The first-order chi connectivity index (χ1) is 23.3. The van der Waals surface area contributed by atoms with E-state index < -0.39 is 22.7 Å². The van der Waals surface area contributed by atoms with Crippen molar-refractivity contribution in [2.45, 2.75) is 50.9 Å². The number of ether oxygens (including phenoxy) is 1. The first kappa shape index (κ1) is 34.2. The molecule has 1 fully saturated rings. The van der Waals surface area contributed by atoms with Gasteiger partial charge < -0.3 is 14.5 Å². The summed E-state index contributed by atoms with van der Waals surface area (Å²) in [5.41, 5.74) is 4.84. The van der Waals surface area contributed by atoms with Crippen molar-refractivity contribution in [1.29, 1.82) is 5.26 Å². The van der Waals surface area contributed by atoms with Crippen LogP contribution in [-0.2, 0) is 19.7 Å². The van der Waals surface area contributed by atoms with Crippen molar-refractivity contribution in [2.24, 2.45) is 10.9 Å². The quantitative estimate of drug-likeness (QED) is 0.0691. The number of nitriles is 1. The highest BCUT2D eigenvalue weighted by Crippen LogP contribution is 2.43. The number of rotatable bonds is 13. The summed E-state index contributed by atoms with van der Waals surface area (Å²) >= 11 is 0. The molecule has 10 heteroatoms. The predicted octanol–water partition coefficient (Wildman–Crippen LogP) is 6.39. The van der Waals surface area contributed by atoms with Crippen LogP contribution in [0, 0.1) is 27.4 Å². The summed E-state index contributed by atoms with van der Waals surface area (Å²) in [4.78, 5) is 45.8. The molecule has 0 saturated carbocycles. The van der Waals surface area contributed by atoms with E-state index in [9.17, 15) is 19.7 Å². The van der Waals surface area contributed by atoms with E-state index in [0.717, 1.165) is 38.9 Å². The molecule has 10 nitrogen and oxygen atoms in total. The largest absolute Gasteiger partial charge is 0.464 e. The highest BCUT2D eigenvalue weighted by molar-refractivity contribution is 6.03. The van der Waals surface area contributed by atoms with Gasteiger partial charge in [0.2, 0.25) is 6.41 Å². The van der Waals surface area contributed by atoms with Crippen molar-refractivity contribution in [2.75, 3.05) is 32.8 Å². The van der Waals surface area contributed by atoms with E-state index in [1.807, 2.05) is 13.0 Å². The maximum Gasteiger partial charge on any atom is 0.315 e. The molecule has 2 unspecified atom stereocenters. The van der Waals surface area contributed by atoms with Crippen molar-refractivity contribution in [3.8, 4) is 6.07 Å². The molecule has 2 heterocycles. The first-order valence-corrected chi connectivity index (χ1v) is 16.4. The molecule has 0 aliphatic carbocycles. The van der Waals surface area contributed by atoms with Gasteiger partial charge >= 0.3 is 5.97 Å². The molecule has 48 heavy (non-hydrogen) atoms. The Labute approximate surface area is 281 Å². The molecule has 2 aliphatic rings. The van der Waals surface area contributed by atoms with Crippen molar-refractivity contribution >= 4 is 23.8 Å². The van der Waals surface area contributed by atoms with Gasteiger partial charge in [0.1, 0.15) is 12.5 Å². The van der Waals surface area contributed by atoms with E-state index in [0.29, 0.717) is 35.6 Å². The fourth-order valence-electron chi connectivity index (χ4n) is 7.26. The van der Waals surface area contributed by atoms with E-state index in [-0.39, 0.29) is 24.1 Å². The molecular formula is C38H41N5O5. The molecule has 5 rings (SSSR count). The normalized spacial score (nSPS) is 19.1. The topological polar surface area (TPSA) is 129 Å². The Bertz CT molecular complexity index is 1650. The molecule has 2 aliphatic heterocycles. The third-order valence-corrected chi connectivity index (χ3v) is 9.64. The average molecular weight is 648 g/mol. The fraction of sp³-hybridized carbons (Fsp3) is 0.368. The third kappa shape index (κ3) is 7.37. The summed E-state index contributed by atoms with van der Waals surface area (Å²) in [5, 5.41) is 20.3. The maximum atomic E-state index is 13.4. The summed E-state index contributed by atoms with van der Waals surface area (Å²) < 4.78 is 5.46. The molecule has 2 atom stereocenters. The highest BCUT2D eigenvalue weighted by atomic mass is 16.6. The number of nitrogens with zero attached hydrogens (tertiary/aromatic N) is 5. The van der Waals surface area contributed by atoms with Crippen LogP contribution >= 0.6 is 0 Å². The molecular weight excluding hydrogens is 606 g/mol. The Balaban J connectivity index is 1.33. The zero-order valence-corrected chi connectivity index (χ0v) is 27.5. The molecule has 0 spiro atoms. The minimum absolute atomic E-state index is 0.0490. The number of non-ortho nitro benzene ring substituents is 1. The van der Waals surface area contributed by atoms with Gasteiger partial charge in [0.15, 0.2) is 0 Å². The van der Waals surface area contributed by atoms with E-state index in [4.69, 9.17) is 10.00 Å². The zero-order valence-electron chi connectivity index (χ0n) is 27.5. The Morgan fingerprint density at radius 2 is 1.65 bits per heavy atom. The van der Waals surface area contributed by atoms with Crippen molar-refractivity contribution < 1.29 is 19.2 Å². The van der Waals surface area contributed by atoms with Crippen LogP contribution < -0.4 is 0 Å². The number of carbonyl (C=O) groups excluding carboxylic acids is 2. The third-order valence-electron chi connectivity index (χ3n) is 9.64. The average Bonchev–Trinajstić information content (AvgIpc) is 3.11. The van der Waals surface area contributed by atoms with Crippen LogP contribution in [0.2, 0.25) is 0 Å². The predicted molar refractivity (Wildman–Crippen MR) is 183 cm³/mol. The van der Waals surface area contributed by atoms with Crippen LogP contribution in [-0.4, -0.2) is 65.6 Å². The lowest BCUT2D eigenvalue weighted by atomic mass is 9.68. The molecule has 1 saturated heterocycles. The molecule has 1 amide bonds. The summed E-state index contributed by atoms with van der Waals surface area (Å²) in [7, 11) is 0.